The van der Waals surface area contributed by atoms with Crippen LogP contribution in [0.5, 0.6) is 0 Å². The van der Waals surface area contributed by atoms with Crippen molar-refractivity contribution in [2.45, 2.75) is 32.6 Å². The molecule has 0 amide bonds. The van der Waals surface area contributed by atoms with E-state index >= 15 is 0 Å². The average molecular weight is 408 g/mol. The van der Waals surface area contributed by atoms with E-state index in [1.807, 2.05) is 38.2 Å². The van der Waals surface area contributed by atoms with Crippen LogP contribution in [0.15, 0.2) is 30.6 Å². The van der Waals surface area contributed by atoms with Crippen molar-refractivity contribution in [1.82, 2.24) is 30.2 Å². The topological polar surface area (TPSA) is 89.0 Å². The molecule has 5 heterocycles. The molecule has 0 aromatic carbocycles. The smallest absolute Gasteiger partial charge is 0.181 e. The summed E-state index contributed by atoms with van der Waals surface area (Å²) in [5, 5.41) is 3.39. The monoisotopic (exact) mass is 407 g/mol. The molecule has 158 valence electrons. The maximum atomic E-state index is 5.50. The predicted molar refractivity (Wildman–Crippen MR) is 118 cm³/mol. The zero-order valence-corrected chi connectivity index (χ0v) is 17.7. The molecule has 8 heteroatoms. The van der Waals surface area contributed by atoms with Crippen LogP contribution in [0.1, 0.15) is 38.4 Å². The number of nitrogens with zero attached hydrogens (tertiary/aromatic N) is 6. The highest BCUT2D eigenvalue weighted by Crippen LogP contribution is 2.27. The van der Waals surface area contributed by atoms with Crippen LogP contribution in [0.3, 0.4) is 0 Å². The molecule has 0 aliphatic carbocycles. The lowest BCUT2D eigenvalue weighted by Gasteiger charge is -2.28. The summed E-state index contributed by atoms with van der Waals surface area (Å²) < 4.78 is 5.50. The van der Waals surface area contributed by atoms with Gasteiger partial charge in [-0.2, -0.15) is 0 Å². The zero-order valence-electron chi connectivity index (χ0n) is 17.7. The second-order valence-corrected chi connectivity index (χ2v) is 7.17. The Labute approximate surface area is 177 Å². The fourth-order valence-electron chi connectivity index (χ4n) is 3.84. The molecule has 3 aromatic heterocycles. The lowest BCUT2D eigenvalue weighted by atomic mass is 9.97. The number of piperidine rings is 1. The molecule has 0 radical (unpaired) electrons. The van der Waals surface area contributed by atoms with Crippen LogP contribution in [0.25, 0.3) is 22.6 Å². The minimum Gasteiger partial charge on any atom is -0.378 e. The number of aromatic nitrogens is 5. The number of nitrogens with one attached hydrogen (secondary N) is 1. The van der Waals surface area contributed by atoms with Crippen molar-refractivity contribution >= 4 is 16.9 Å². The van der Waals surface area contributed by atoms with Crippen molar-refractivity contribution in [2.24, 2.45) is 0 Å². The Morgan fingerprint density at radius 1 is 0.967 bits per heavy atom. The molecule has 0 bridgehead atoms. The number of rotatable bonds is 3. The third-order valence-corrected chi connectivity index (χ3v) is 5.35. The molecule has 8 nitrogen and oxygen atoms in total. The van der Waals surface area contributed by atoms with Gasteiger partial charge < -0.3 is 15.0 Å². The van der Waals surface area contributed by atoms with Gasteiger partial charge in [0.05, 0.1) is 18.7 Å². The van der Waals surface area contributed by atoms with Crippen molar-refractivity contribution in [2.75, 3.05) is 44.3 Å². The minimum atomic E-state index is 0.391. The molecule has 5 rings (SSSR count). The molecule has 2 aliphatic heterocycles. The van der Waals surface area contributed by atoms with E-state index in [1.54, 1.807) is 6.20 Å². The Hall–Kier alpha value is -2.71. The van der Waals surface area contributed by atoms with Crippen LogP contribution in [0, 0.1) is 0 Å². The molecular formula is C22H29N7O. The van der Waals surface area contributed by atoms with Crippen LogP contribution < -0.4 is 10.2 Å². The van der Waals surface area contributed by atoms with Gasteiger partial charge in [-0.15, -0.1) is 0 Å². The Bertz CT molecular complexity index is 969. The summed E-state index contributed by atoms with van der Waals surface area (Å²) in [5.74, 6) is 2.76. The van der Waals surface area contributed by atoms with Gasteiger partial charge in [-0.25, -0.2) is 19.9 Å². The van der Waals surface area contributed by atoms with Crippen molar-refractivity contribution in [3.05, 3.63) is 36.4 Å². The van der Waals surface area contributed by atoms with E-state index in [-0.39, 0.29) is 0 Å². The first-order chi connectivity index (χ1) is 14.9. The van der Waals surface area contributed by atoms with Gasteiger partial charge in [-0.05, 0) is 44.1 Å². The number of hydrogen-bond donors (Lipinski definition) is 1. The van der Waals surface area contributed by atoms with E-state index in [4.69, 9.17) is 19.7 Å². The molecule has 30 heavy (non-hydrogen) atoms. The SMILES string of the molecule is CC.c1cnc2c(N3CCOCC3)nc(-c3ccnc(C4CCNCC4)n3)nc2c1. The zero-order chi connectivity index (χ0) is 20.8. The van der Waals surface area contributed by atoms with Gasteiger partial charge in [0, 0.05) is 31.4 Å². The van der Waals surface area contributed by atoms with Gasteiger partial charge >= 0.3 is 0 Å². The quantitative estimate of drug-likeness (QED) is 0.709. The molecule has 0 saturated carbocycles. The van der Waals surface area contributed by atoms with E-state index in [2.05, 4.69) is 20.2 Å². The first-order valence-electron chi connectivity index (χ1n) is 10.9. The van der Waals surface area contributed by atoms with Crippen LogP contribution in [-0.2, 0) is 4.74 Å². The van der Waals surface area contributed by atoms with E-state index < -0.39 is 0 Å². The molecular weight excluding hydrogens is 378 g/mol. The van der Waals surface area contributed by atoms with Crippen molar-refractivity contribution < 1.29 is 4.74 Å². The number of pyridine rings is 1. The molecule has 1 N–H and O–H groups in total. The highest BCUT2D eigenvalue weighted by atomic mass is 16.5. The standard InChI is InChI=1S/C20H23N7O.C2H6/c1-2-15-17(22-6-1)20(27-10-12-28-13-11-27)26-19(24-15)16-5-9-23-18(25-16)14-3-7-21-8-4-14;1-2/h1-2,5-6,9,14,21H,3-4,7-8,10-13H2;1-2H3. The fraction of sp³-hybridized carbons (Fsp3) is 0.500. The molecule has 0 spiro atoms. The fourth-order valence-corrected chi connectivity index (χ4v) is 3.84. The van der Waals surface area contributed by atoms with Crippen LogP contribution in [0.4, 0.5) is 5.82 Å². The maximum absolute atomic E-state index is 5.50. The van der Waals surface area contributed by atoms with E-state index in [9.17, 15) is 0 Å². The predicted octanol–water partition coefficient (Wildman–Crippen LogP) is 2.81. The Morgan fingerprint density at radius 2 is 1.77 bits per heavy atom. The second kappa shape index (κ2) is 9.86. The van der Waals surface area contributed by atoms with Gasteiger partial charge in [-0.3, -0.25) is 4.98 Å². The van der Waals surface area contributed by atoms with Crippen LogP contribution >= 0.6 is 0 Å². The molecule has 3 aromatic rings. The van der Waals surface area contributed by atoms with Gasteiger partial charge in [-0.1, -0.05) is 13.8 Å². The Kier molecular flexibility index (Phi) is 6.76. The summed E-state index contributed by atoms with van der Waals surface area (Å²) in [5.41, 5.74) is 2.42. The number of fused-ring (bicyclic) bond motifs is 1. The van der Waals surface area contributed by atoms with Crippen molar-refractivity contribution in [1.29, 1.82) is 0 Å². The van der Waals surface area contributed by atoms with Gasteiger partial charge in [0.15, 0.2) is 11.6 Å². The second-order valence-electron chi connectivity index (χ2n) is 7.17. The van der Waals surface area contributed by atoms with Gasteiger partial charge in [0.25, 0.3) is 0 Å². The molecule has 2 fully saturated rings. The lowest BCUT2D eigenvalue weighted by Crippen LogP contribution is -2.37. The summed E-state index contributed by atoms with van der Waals surface area (Å²) in [6.45, 7) is 9.01. The largest absolute Gasteiger partial charge is 0.378 e. The molecule has 0 atom stereocenters. The third-order valence-electron chi connectivity index (χ3n) is 5.35. The number of ether oxygens (including phenoxy) is 1. The van der Waals surface area contributed by atoms with Crippen LogP contribution in [0.2, 0.25) is 0 Å². The van der Waals surface area contributed by atoms with Gasteiger partial charge in [0.2, 0.25) is 0 Å². The Morgan fingerprint density at radius 3 is 2.57 bits per heavy atom. The summed E-state index contributed by atoms with van der Waals surface area (Å²) in [4.78, 5) is 25.7. The van der Waals surface area contributed by atoms with Crippen molar-refractivity contribution in [3.8, 4) is 11.5 Å². The molecule has 2 aliphatic rings. The molecule has 0 unspecified atom stereocenters. The highest BCUT2D eigenvalue weighted by molar-refractivity contribution is 5.87. The van der Waals surface area contributed by atoms with Crippen molar-refractivity contribution in [3.63, 3.8) is 0 Å². The van der Waals surface area contributed by atoms with E-state index in [0.29, 0.717) is 25.0 Å². The first-order valence-corrected chi connectivity index (χ1v) is 10.9. The lowest BCUT2D eigenvalue weighted by molar-refractivity contribution is 0.122. The first kappa shape index (κ1) is 20.6. The number of morpholine rings is 1. The summed E-state index contributed by atoms with van der Waals surface area (Å²) in [6, 6.07) is 5.78. The highest BCUT2D eigenvalue weighted by Gasteiger charge is 2.21. The normalized spacial score (nSPS) is 17.5. The summed E-state index contributed by atoms with van der Waals surface area (Å²) in [7, 11) is 0. The van der Waals surface area contributed by atoms with Crippen LogP contribution in [-0.4, -0.2) is 64.3 Å². The van der Waals surface area contributed by atoms with E-state index in [0.717, 1.165) is 67.4 Å². The summed E-state index contributed by atoms with van der Waals surface area (Å²) >= 11 is 0. The number of anilines is 1. The third kappa shape index (κ3) is 4.39. The maximum Gasteiger partial charge on any atom is 0.181 e. The number of hydrogen-bond acceptors (Lipinski definition) is 8. The minimum absolute atomic E-state index is 0.391. The Balaban J connectivity index is 0.00000106. The van der Waals surface area contributed by atoms with E-state index in [1.165, 1.54) is 0 Å². The summed E-state index contributed by atoms with van der Waals surface area (Å²) in [6.07, 6.45) is 5.73. The molecule has 2 saturated heterocycles. The average Bonchev–Trinajstić information content (AvgIpc) is 2.86. The van der Waals surface area contributed by atoms with Gasteiger partial charge in [0.1, 0.15) is 17.0 Å².